The lowest BCUT2D eigenvalue weighted by Crippen LogP contribution is -2.46. The van der Waals surface area contributed by atoms with Crippen LogP contribution in [0.5, 0.6) is 0 Å². The molecular weight excluding hydrogens is 2090 g/mol. The number of amides is 7. The zero-order valence-electron chi connectivity index (χ0n) is 84.6. The van der Waals surface area contributed by atoms with Crippen molar-refractivity contribution in [2.45, 2.75) is 207 Å². The van der Waals surface area contributed by atoms with Crippen molar-refractivity contribution in [3.05, 3.63) is 17.9 Å². The van der Waals surface area contributed by atoms with Gasteiger partial charge in [0.15, 0.2) is 12.1 Å². The van der Waals surface area contributed by atoms with Gasteiger partial charge in [-0.15, -0.1) is 0 Å². The molecule has 142 heavy (non-hydrogen) atoms. The van der Waals surface area contributed by atoms with Crippen LogP contribution in [0.25, 0.3) is 0 Å². The van der Waals surface area contributed by atoms with Crippen molar-refractivity contribution < 1.29 is 105 Å². The molecule has 1 saturated carbocycles. The number of thiocarbonyl (C=S) groups is 7. The number of urea groups is 1. The van der Waals surface area contributed by atoms with Crippen LogP contribution >= 0.6 is 161 Å². The molecule has 55 heteroatoms. The second kappa shape index (κ2) is 106. The Morgan fingerprint density at radius 3 is 1.63 bits per heavy atom. The van der Waals surface area contributed by atoms with Crippen LogP contribution < -0.4 is 53.6 Å². The molecule has 7 amide bonds. The van der Waals surface area contributed by atoms with Crippen LogP contribution in [-0.2, 0) is 85.8 Å². The molecule has 3 atom stereocenters. The fourth-order valence-corrected chi connectivity index (χ4v) is 12.4. The van der Waals surface area contributed by atoms with Crippen molar-refractivity contribution in [1.82, 2.24) is 62.6 Å². The fourth-order valence-electron chi connectivity index (χ4n) is 10.1. The Hall–Kier alpha value is -7.55. The van der Waals surface area contributed by atoms with Crippen LogP contribution in [0.3, 0.4) is 0 Å². The molecule has 4 heterocycles. The third-order valence-electron chi connectivity index (χ3n) is 17.7. The summed E-state index contributed by atoms with van der Waals surface area (Å²) in [6.45, 7) is 29.2. The summed E-state index contributed by atoms with van der Waals surface area (Å²) in [6, 6.07) is 2.61. The lowest BCUT2D eigenvalue weighted by Gasteiger charge is -2.31. The lowest BCUT2D eigenvalue weighted by molar-refractivity contribution is -0.147. The van der Waals surface area contributed by atoms with Crippen molar-refractivity contribution in [2.24, 2.45) is 52.5 Å². The van der Waals surface area contributed by atoms with Crippen molar-refractivity contribution >= 4 is 281 Å². The molecule has 42 nitrogen and oxygen atoms in total. The van der Waals surface area contributed by atoms with Gasteiger partial charge in [-0.1, -0.05) is 34.1 Å². The molecule has 4 aliphatic rings. The van der Waals surface area contributed by atoms with Gasteiger partial charge in [-0.25, -0.2) is 53.9 Å². The number of likely N-dealkylation sites (tertiary alicyclic amines) is 2. The smallest absolute Gasteiger partial charge is 0.409 e. The average Bonchev–Trinajstić information content (AvgIpc) is 1.64. The number of nitrogens with zero attached hydrogens (tertiary/aromatic N) is 10. The second-order valence-electron chi connectivity index (χ2n) is 29.7. The van der Waals surface area contributed by atoms with Crippen LogP contribution in [0.4, 0.5) is 15.5 Å². The molecule has 1 aromatic heterocycles. The molecule has 11 N–H and O–H groups in total. The van der Waals surface area contributed by atoms with Crippen molar-refractivity contribution in [3.63, 3.8) is 0 Å². The maximum atomic E-state index is 11.3. The highest BCUT2D eigenvalue weighted by Crippen LogP contribution is 2.36. The molecule has 810 valence electrons. The Balaban J connectivity index is -0.000000229. The molecule has 4 fully saturated rings. The minimum Gasteiger partial charge on any atom is -0.469 e. The number of methoxy groups -OCH3 is 6. The van der Waals surface area contributed by atoms with Gasteiger partial charge in [-0.3, -0.25) is 49.0 Å². The summed E-state index contributed by atoms with van der Waals surface area (Å²) in [6.07, 6.45) is 12.4. The topological polar surface area (TPSA) is 539 Å². The minimum absolute atomic E-state index is 0.00966. The maximum Gasteiger partial charge on any atom is 0.409 e. The molecular formula is C87H152N20O22S13. The van der Waals surface area contributed by atoms with E-state index in [9.17, 15) is 62.3 Å². The molecule has 0 spiro atoms. The number of furan rings is 1. The van der Waals surface area contributed by atoms with E-state index in [1.807, 2.05) is 53.4 Å². The van der Waals surface area contributed by atoms with Gasteiger partial charge in [-0.05, 0) is 215 Å². The minimum atomic E-state index is -0.628. The number of hydrogen-bond acceptors (Lipinski definition) is 48. The number of carbonyl (C=O) groups is 13. The van der Waals surface area contributed by atoms with Crippen molar-refractivity contribution in [2.75, 3.05) is 190 Å². The number of piperidine rings is 1. The molecule has 3 aliphatic heterocycles. The number of unbranched alkanes of at least 4 members (excludes halogenated alkanes) is 2. The number of primary amides is 1. The number of nitrogens with one attached hydrogen (secondary N) is 9. The van der Waals surface area contributed by atoms with Crippen molar-refractivity contribution in [1.29, 1.82) is 0 Å². The van der Waals surface area contributed by atoms with Gasteiger partial charge in [0.1, 0.15) is 11.1 Å². The van der Waals surface area contributed by atoms with Gasteiger partial charge in [0.2, 0.25) is 35.3 Å². The maximum absolute atomic E-state index is 11.3. The Morgan fingerprint density at radius 1 is 0.606 bits per heavy atom. The van der Waals surface area contributed by atoms with Crippen LogP contribution in [0.15, 0.2) is 51.5 Å². The molecule has 3 unspecified atom stereocenters. The van der Waals surface area contributed by atoms with E-state index in [1.165, 1.54) is 61.7 Å². The number of rotatable bonds is 48. The summed E-state index contributed by atoms with van der Waals surface area (Å²) in [5, 5.41) is 41.4. The third kappa shape index (κ3) is 94.7. The highest BCUT2D eigenvalue weighted by molar-refractivity contribution is 7.81. The largest absolute Gasteiger partial charge is 0.469 e. The summed E-state index contributed by atoms with van der Waals surface area (Å²) in [7, 11) is 9.74. The number of ether oxygens (including phenoxy) is 8. The van der Waals surface area contributed by atoms with E-state index < -0.39 is 23.6 Å². The fraction of sp³-hybridized carbons (Fsp3) is 0.724. The highest BCUT2D eigenvalue weighted by Gasteiger charge is 2.50. The molecule has 0 radical (unpaired) electrons. The number of esters is 7. The first-order valence-electron chi connectivity index (χ1n) is 44.7. The van der Waals surface area contributed by atoms with E-state index in [0.717, 1.165) is 123 Å². The van der Waals surface area contributed by atoms with Gasteiger partial charge in [-0.2, -0.15) is 80.8 Å². The number of aliphatic imine (C=N–C) groups is 7. The quantitative estimate of drug-likeness (QED) is 0.00548. The zero-order valence-corrected chi connectivity index (χ0v) is 95.6. The number of nitrogens with two attached hydrogens (primary N) is 1. The predicted octanol–water partition coefficient (Wildman–Crippen LogP) is 9.83. The normalized spacial score (nSPS) is 12.7. The van der Waals surface area contributed by atoms with Crippen LogP contribution in [-0.4, -0.2) is 353 Å². The van der Waals surface area contributed by atoms with Crippen LogP contribution in [0.1, 0.15) is 183 Å². The number of carbonyl (C=O) groups excluding carboxylic acids is 13. The summed E-state index contributed by atoms with van der Waals surface area (Å²) in [5.74, 6) is 2.50. The third-order valence-corrected chi connectivity index (χ3v) is 19.7. The van der Waals surface area contributed by atoms with E-state index >= 15 is 0 Å². The van der Waals surface area contributed by atoms with E-state index in [-0.39, 0.29) is 101 Å². The Bertz CT molecular complexity index is 3990. The zero-order chi connectivity index (χ0) is 110. The molecule has 3 saturated heterocycles. The van der Waals surface area contributed by atoms with Gasteiger partial charge >= 0.3 is 53.9 Å². The van der Waals surface area contributed by atoms with E-state index in [4.69, 9.17) is 19.6 Å². The first-order valence-corrected chi connectivity index (χ1v) is 51.4. The molecule has 0 aromatic carbocycles. The van der Waals surface area contributed by atoms with Gasteiger partial charge in [0, 0.05) is 152 Å². The predicted molar refractivity (Wildman–Crippen MR) is 596 cm³/mol. The second-order valence-corrected chi connectivity index (χ2v) is 32.9. The number of thiol groups is 6. The summed E-state index contributed by atoms with van der Waals surface area (Å²) < 4.78 is 41.7. The summed E-state index contributed by atoms with van der Waals surface area (Å²) >= 11 is 54.5. The first kappa shape index (κ1) is 150. The van der Waals surface area contributed by atoms with Gasteiger partial charge in [0.25, 0.3) is 0 Å². The molecule has 0 bridgehead atoms. The number of hydrogen-bond donors (Lipinski definition) is 16. The Labute approximate surface area is 908 Å². The molecule has 5 rings (SSSR count). The van der Waals surface area contributed by atoms with E-state index in [0.29, 0.717) is 131 Å². The van der Waals surface area contributed by atoms with E-state index in [2.05, 4.69) is 309 Å². The van der Waals surface area contributed by atoms with E-state index in [1.54, 1.807) is 30.7 Å². The first-order chi connectivity index (χ1) is 67.6. The van der Waals surface area contributed by atoms with Crippen LogP contribution in [0, 0.1) is 11.8 Å². The Morgan fingerprint density at radius 2 is 1.18 bits per heavy atom. The average molecular weight is 2250 g/mol. The van der Waals surface area contributed by atoms with Crippen LogP contribution in [0.2, 0.25) is 0 Å². The summed E-state index contributed by atoms with van der Waals surface area (Å²) in [5.41, 5.74) is 3.77. The monoisotopic (exact) mass is 2240 g/mol. The Kier molecular flexibility index (Phi) is 112. The van der Waals surface area contributed by atoms with Gasteiger partial charge < -0.3 is 100.0 Å². The lowest BCUT2D eigenvalue weighted by atomic mass is 10.0. The highest BCUT2D eigenvalue weighted by atomic mass is 32.1. The van der Waals surface area contributed by atoms with Gasteiger partial charge in [0.05, 0.1) is 118 Å². The summed E-state index contributed by atoms with van der Waals surface area (Å²) in [4.78, 5) is 171. The molecule has 1 aliphatic carbocycles. The number of isothiocyanates is 7. The van der Waals surface area contributed by atoms with Crippen molar-refractivity contribution in [3.8, 4) is 0 Å². The molecule has 1 aromatic rings. The standard InChI is InChI=1S/C9H18N2O2S.C8H16N2OS.2C8H13NO2S.C7H5NO3S.C7H13NO2S.C7H11NO2S.C6H9N3OS.C6H14N2OS.2C6H13NO2S.C5H8N2OS.C4H6N2OS/c1-2-13-9(12)11-5-3-8(4-6-11)10-7-14;11-8-3-1-5-10(8)6-2-4-9-7-12;1-6(2)4-7(9-5-12)8(10)11-3;1-11-8(10)5-3-2-4-6-9-7-12;1-10-7(9)5-2-3-6(11-5)8-4-12;1-2-10-6(9)7(3-4-7)8-5-11;1-5(2)6(8-4-11)7(9)10-3;10-6-8-2-4-9(6)3-1-7-5-11;1-7-6(9)3-2-4-8-5-10;1-6(2,7-4-10)5(8)9-3;1-5(7-4-10)3-6(8)9-2;1-5(8)7-3-2-6-4-9;5-4(7)1-2-6-3-8/h8,10,14H,2-7H2,1H3;9,12H,1-7H2;6-7H,4H2,1-3H3;2-6H2,1H3;2-3H,1H3;8,11H,2-5H2,1H3;5-6H,1-3H3;1-4H2,(H,8,10);8,10H,2-5H2,1H3,(H,7,9);7,10H,4H2,1-3H3;5,7,10H,3-4H2,1-2H3;2-3H2,1H3,(H,7,8);1-2H2,(H2,5,7). The SMILES string of the molecule is CC(=O)NCCN=C=S.CCOC(=O)C1(NCS)CC1.CCOC(=O)N1CCC(NCS)CC1.CNC(=O)CCCNCS.COC(=O)C(C)(C)NCS.COC(=O)C(CC(C)C)N=C=S.COC(=O)C(N=C=S)C(C)C.COC(=O)CC(C)NCS.COC(=O)CCCCCN=C=S.COC(=O)c1ccc(N=C=S)o1.NC(=O)CCN=C=S.O=C1CCCN1CCCNCS.O=C1NCCN1CCN=C=S.